The molecular formula is C28H35N3O5. The first-order chi connectivity index (χ1) is 17.4. The van der Waals surface area contributed by atoms with Gasteiger partial charge in [0.05, 0.1) is 13.0 Å². The molecule has 0 bridgehead atoms. The first kappa shape index (κ1) is 25.5. The Balaban J connectivity index is 1.27. The standard InChI is InChI=1S/C28H35N3O5/c1-19-5-4-6-20(2)31(19)27(33)18-36-25-13-9-23(10-14-25)30-17-22(15-26(30)32)28(34)29-16-21-7-11-24(35-3)12-8-21/h7-14,19-20,22H,4-6,15-18H2,1-3H3,(H,29,34)/t19-,20+,22-/m1/s1. The van der Waals surface area contributed by atoms with Gasteiger partial charge in [-0.3, -0.25) is 14.4 Å². The summed E-state index contributed by atoms with van der Waals surface area (Å²) in [5, 5.41) is 2.93. The fourth-order valence-electron chi connectivity index (χ4n) is 5.06. The highest BCUT2D eigenvalue weighted by atomic mass is 16.5. The number of likely N-dealkylation sites (tertiary alicyclic amines) is 1. The number of hydrogen-bond donors (Lipinski definition) is 1. The van der Waals surface area contributed by atoms with Crippen molar-refractivity contribution < 1.29 is 23.9 Å². The number of ether oxygens (including phenoxy) is 2. The number of methoxy groups -OCH3 is 1. The van der Waals surface area contributed by atoms with E-state index in [4.69, 9.17) is 9.47 Å². The number of benzene rings is 2. The predicted octanol–water partition coefficient (Wildman–Crippen LogP) is 3.53. The first-order valence-electron chi connectivity index (χ1n) is 12.6. The van der Waals surface area contributed by atoms with E-state index in [0.29, 0.717) is 24.5 Å². The third-order valence-corrected chi connectivity index (χ3v) is 7.11. The molecular weight excluding hydrogens is 458 g/mol. The average molecular weight is 494 g/mol. The molecule has 0 aliphatic carbocycles. The van der Waals surface area contributed by atoms with Crippen LogP contribution in [0.2, 0.25) is 0 Å². The molecule has 3 atom stereocenters. The lowest BCUT2D eigenvalue weighted by Crippen LogP contribution is -2.49. The molecule has 2 heterocycles. The molecule has 2 aromatic carbocycles. The topological polar surface area (TPSA) is 88.2 Å². The molecule has 2 saturated heterocycles. The van der Waals surface area contributed by atoms with Gasteiger partial charge in [0.1, 0.15) is 11.5 Å². The van der Waals surface area contributed by atoms with Crippen LogP contribution in [0.15, 0.2) is 48.5 Å². The lowest BCUT2D eigenvalue weighted by molar-refractivity contribution is -0.139. The number of piperidine rings is 1. The zero-order chi connectivity index (χ0) is 25.7. The number of nitrogens with one attached hydrogen (secondary N) is 1. The molecule has 4 rings (SSSR count). The zero-order valence-corrected chi connectivity index (χ0v) is 21.2. The number of rotatable bonds is 8. The van der Waals surface area contributed by atoms with Crippen molar-refractivity contribution in [2.45, 2.75) is 58.2 Å². The minimum absolute atomic E-state index is 0.00279. The molecule has 0 unspecified atom stereocenters. The average Bonchev–Trinajstić information content (AvgIpc) is 3.28. The molecule has 36 heavy (non-hydrogen) atoms. The van der Waals surface area contributed by atoms with Crippen LogP contribution in [0.3, 0.4) is 0 Å². The van der Waals surface area contributed by atoms with E-state index < -0.39 is 5.92 Å². The fraction of sp³-hybridized carbons (Fsp3) is 0.464. The van der Waals surface area contributed by atoms with Gasteiger partial charge in [-0.2, -0.15) is 0 Å². The van der Waals surface area contributed by atoms with Gasteiger partial charge in [0.15, 0.2) is 6.61 Å². The van der Waals surface area contributed by atoms with Crippen LogP contribution in [0.4, 0.5) is 5.69 Å². The predicted molar refractivity (Wildman–Crippen MR) is 137 cm³/mol. The second kappa shape index (κ2) is 11.5. The Hall–Kier alpha value is -3.55. The molecule has 0 saturated carbocycles. The van der Waals surface area contributed by atoms with Gasteiger partial charge in [0, 0.05) is 37.3 Å². The summed E-state index contributed by atoms with van der Waals surface area (Å²) in [5.74, 6) is 0.703. The maximum Gasteiger partial charge on any atom is 0.260 e. The van der Waals surface area contributed by atoms with Crippen LogP contribution in [-0.4, -0.2) is 55.0 Å². The minimum atomic E-state index is -0.405. The van der Waals surface area contributed by atoms with E-state index in [1.165, 1.54) is 0 Å². The summed E-state index contributed by atoms with van der Waals surface area (Å²) in [6, 6.07) is 15.1. The summed E-state index contributed by atoms with van der Waals surface area (Å²) in [6.45, 7) is 4.89. The molecule has 2 aliphatic rings. The zero-order valence-electron chi connectivity index (χ0n) is 21.2. The van der Waals surface area contributed by atoms with Crippen LogP contribution < -0.4 is 19.7 Å². The minimum Gasteiger partial charge on any atom is -0.497 e. The van der Waals surface area contributed by atoms with Crippen LogP contribution in [0.5, 0.6) is 11.5 Å². The number of hydrogen-bond acceptors (Lipinski definition) is 5. The van der Waals surface area contributed by atoms with Crippen LogP contribution in [0.1, 0.15) is 45.1 Å². The normalized spacial score (nSPS) is 21.9. The summed E-state index contributed by atoms with van der Waals surface area (Å²) in [6.07, 6.45) is 3.37. The van der Waals surface area contributed by atoms with E-state index in [-0.39, 0.29) is 42.8 Å². The van der Waals surface area contributed by atoms with Crippen molar-refractivity contribution in [1.29, 1.82) is 0 Å². The van der Waals surface area contributed by atoms with Gasteiger partial charge in [-0.05, 0) is 75.1 Å². The Labute approximate surface area is 212 Å². The van der Waals surface area contributed by atoms with Crippen molar-refractivity contribution in [3.63, 3.8) is 0 Å². The van der Waals surface area contributed by atoms with Crippen molar-refractivity contribution in [3.05, 3.63) is 54.1 Å². The molecule has 192 valence electrons. The second-order valence-electron chi connectivity index (χ2n) is 9.68. The van der Waals surface area contributed by atoms with Gasteiger partial charge < -0.3 is 24.6 Å². The summed E-state index contributed by atoms with van der Waals surface area (Å²) >= 11 is 0. The molecule has 2 aromatic rings. The van der Waals surface area contributed by atoms with E-state index in [1.807, 2.05) is 29.2 Å². The Bertz CT molecular complexity index is 1060. The molecule has 8 nitrogen and oxygen atoms in total. The first-order valence-corrected chi connectivity index (χ1v) is 12.6. The van der Waals surface area contributed by atoms with Gasteiger partial charge in [0.2, 0.25) is 11.8 Å². The third-order valence-electron chi connectivity index (χ3n) is 7.11. The lowest BCUT2D eigenvalue weighted by atomic mass is 9.97. The molecule has 2 aliphatic heterocycles. The maximum atomic E-state index is 12.7. The van der Waals surface area contributed by atoms with Crippen molar-refractivity contribution in [3.8, 4) is 11.5 Å². The Morgan fingerprint density at radius 1 is 0.972 bits per heavy atom. The number of carbonyl (C=O) groups excluding carboxylic acids is 3. The molecule has 0 radical (unpaired) electrons. The van der Waals surface area contributed by atoms with Crippen molar-refractivity contribution in [2.75, 3.05) is 25.2 Å². The van der Waals surface area contributed by atoms with E-state index >= 15 is 0 Å². The quantitative estimate of drug-likeness (QED) is 0.608. The number of amides is 3. The van der Waals surface area contributed by atoms with Crippen molar-refractivity contribution in [2.24, 2.45) is 5.92 Å². The molecule has 0 spiro atoms. The summed E-state index contributed by atoms with van der Waals surface area (Å²) in [7, 11) is 1.61. The largest absolute Gasteiger partial charge is 0.497 e. The molecule has 8 heteroatoms. The molecule has 1 N–H and O–H groups in total. The van der Waals surface area contributed by atoms with Gasteiger partial charge in [-0.15, -0.1) is 0 Å². The van der Waals surface area contributed by atoms with E-state index in [0.717, 1.165) is 30.6 Å². The number of nitrogens with zero attached hydrogens (tertiary/aromatic N) is 2. The number of anilines is 1. The monoisotopic (exact) mass is 493 g/mol. The highest BCUT2D eigenvalue weighted by Gasteiger charge is 2.35. The van der Waals surface area contributed by atoms with E-state index in [9.17, 15) is 14.4 Å². The van der Waals surface area contributed by atoms with Crippen LogP contribution in [0.25, 0.3) is 0 Å². The van der Waals surface area contributed by atoms with Crippen LogP contribution in [0, 0.1) is 5.92 Å². The number of carbonyl (C=O) groups is 3. The maximum absolute atomic E-state index is 12.7. The Morgan fingerprint density at radius 2 is 1.61 bits per heavy atom. The van der Waals surface area contributed by atoms with E-state index in [2.05, 4.69) is 19.2 Å². The van der Waals surface area contributed by atoms with E-state index in [1.54, 1.807) is 36.3 Å². The van der Waals surface area contributed by atoms with Gasteiger partial charge in [-0.1, -0.05) is 12.1 Å². The van der Waals surface area contributed by atoms with Gasteiger partial charge in [0.25, 0.3) is 5.91 Å². The summed E-state index contributed by atoms with van der Waals surface area (Å²) in [4.78, 5) is 41.5. The highest BCUT2D eigenvalue weighted by molar-refractivity contribution is 6.00. The molecule has 2 fully saturated rings. The molecule has 0 aromatic heterocycles. The van der Waals surface area contributed by atoms with Gasteiger partial charge >= 0.3 is 0 Å². The summed E-state index contributed by atoms with van der Waals surface area (Å²) < 4.78 is 10.9. The van der Waals surface area contributed by atoms with Crippen molar-refractivity contribution in [1.82, 2.24) is 10.2 Å². The molecule has 3 amide bonds. The lowest BCUT2D eigenvalue weighted by Gasteiger charge is -2.38. The SMILES string of the molecule is COc1ccc(CNC(=O)[C@@H]2CC(=O)N(c3ccc(OCC(=O)N4[C@H](C)CCC[C@@H]4C)cc3)C2)cc1. The van der Waals surface area contributed by atoms with Crippen LogP contribution in [-0.2, 0) is 20.9 Å². The Morgan fingerprint density at radius 3 is 2.25 bits per heavy atom. The second-order valence-corrected chi connectivity index (χ2v) is 9.68. The van der Waals surface area contributed by atoms with Crippen LogP contribution >= 0.6 is 0 Å². The van der Waals surface area contributed by atoms with Crippen molar-refractivity contribution >= 4 is 23.4 Å². The smallest absolute Gasteiger partial charge is 0.260 e. The highest BCUT2D eigenvalue weighted by Crippen LogP contribution is 2.28. The fourth-order valence-corrected chi connectivity index (χ4v) is 5.06. The van der Waals surface area contributed by atoms with Gasteiger partial charge in [-0.25, -0.2) is 0 Å². The Kier molecular flexibility index (Phi) is 8.13. The third kappa shape index (κ3) is 5.98. The summed E-state index contributed by atoms with van der Waals surface area (Å²) in [5.41, 5.74) is 1.67.